The zero-order valence-corrected chi connectivity index (χ0v) is 13.4. The van der Waals surface area contributed by atoms with Gasteiger partial charge in [0.15, 0.2) is 0 Å². The molecule has 0 aliphatic heterocycles. The van der Waals surface area contributed by atoms with E-state index in [2.05, 4.69) is 10.3 Å². The van der Waals surface area contributed by atoms with Crippen molar-refractivity contribution in [2.45, 2.75) is 26.4 Å². The van der Waals surface area contributed by atoms with E-state index >= 15 is 0 Å². The van der Waals surface area contributed by atoms with Crippen LogP contribution in [0.1, 0.15) is 26.3 Å². The Hall–Kier alpha value is -2.28. The number of carbonyl (C=O) groups excluding carboxylic acids is 1. The molecule has 1 heterocycles. The molecule has 1 aromatic rings. The molecule has 0 saturated carbocycles. The minimum absolute atomic E-state index is 0.0791. The van der Waals surface area contributed by atoms with Crippen LogP contribution < -0.4 is 10.1 Å². The number of halogens is 1. The maximum Gasteiger partial charge on any atom is 0.412 e. The summed E-state index contributed by atoms with van der Waals surface area (Å²) in [5, 5.41) is 11.3. The van der Waals surface area contributed by atoms with Crippen molar-refractivity contribution >= 4 is 35.4 Å². The summed E-state index contributed by atoms with van der Waals surface area (Å²) < 4.78 is 10.2. The van der Waals surface area contributed by atoms with Gasteiger partial charge in [-0.3, -0.25) is 5.32 Å². The van der Waals surface area contributed by atoms with Gasteiger partial charge >= 0.3 is 12.1 Å². The molecule has 0 unspecified atom stereocenters. The summed E-state index contributed by atoms with van der Waals surface area (Å²) in [6, 6.07) is 1.37. The second-order valence-corrected chi connectivity index (χ2v) is 5.60. The second-order valence-electron chi connectivity index (χ2n) is 5.21. The van der Waals surface area contributed by atoms with E-state index in [0.29, 0.717) is 0 Å². The van der Waals surface area contributed by atoms with Gasteiger partial charge in [-0.1, -0.05) is 11.6 Å². The number of hydrogen-bond donors (Lipinski definition) is 2. The number of amides is 1. The molecule has 0 aromatic carbocycles. The number of methoxy groups -OCH3 is 1. The highest BCUT2D eigenvalue weighted by Gasteiger charge is 2.19. The number of aliphatic carboxylic acids is 1. The Bertz CT molecular complexity index is 608. The monoisotopic (exact) mass is 328 g/mol. The van der Waals surface area contributed by atoms with Crippen LogP contribution in [0.2, 0.25) is 5.15 Å². The van der Waals surface area contributed by atoms with E-state index < -0.39 is 17.7 Å². The van der Waals surface area contributed by atoms with Crippen LogP contribution in [-0.2, 0) is 9.53 Å². The lowest BCUT2D eigenvalue weighted by Gasteiger charge is -2.20. The molecule has 2 N–H and O–H groups in total. The predicted octanol–water partition coefficient (Wildman–Crippen LogP) is 3.19. The molecule has 0 fully saturated rings. The average Bonchev–Trinajstić information content (AvgIpc) is 2.34. The van der Waals surface area contributed by atoms with E-state index in [-0.39, 0.29) is 22.3 Å². The molecule has 22 heavy (non-hydrogen) atoms. The number of rotatable bonds is 4. The van der Waals surface area contributed by atoms with E-state index in [4.69, 9.17) is 26.2 Å². The van der Waals surface area contributed by atoms with Crippen LogP contribution in [0, 0.1) is 0 Å². The van der Waals surface area contributed by atoms with E-state index in [1.54, 1.807) is 20.8 Å². The van der Waals surface area contributed by atoms with Crippen LogP contribution in [0.4, 0.5) is 10.5 Å². The first-order valence-electron chi connectivity index (χ1n) is 6.28. The number of carboxylic acid groups (broad SMARTS) is 1. The maximum atomic E-state index is 11.9. The topological polar surface area (TPSA) is 97.8 Å². The van der Waals surface area contributed by atoms with Crippen molar-refractivity contribution in [3.05, 3.63) is 22.9 Å². The third-order valence-corrected chi connectivity index (χ3v) is 2.41. The molecule has 0 atom stereocenters. The first-order chi connectivity index (χ1) is 10.1. The highest BCUT2D eigenvalue weighted by molar-refractivity contribution is 6.29. The van der Waals surface area contributed by atoms with E-state index in [9.17, 15) is 9.59 Å². The number of ether oxygens (including phenoxy) is 2. The normalized spacial score (nSPS) is 11.3. The molecule has 7 nitrogen and oxygen atoms in total. The van der Waals surface area contributed by atoms with Gasteiger partial charge in [0.2, 0.25) is 5.88 Å². The van der Waals surface area contributed by atoms with Gasteiger partial charge in [-0.05, 0) is 26.8 Å². The number of carbonyl (C=O) groups is 2. The predicted molar refractivity (Wildman–Crippen MR) is 82.3 cm³/mol. The lowest BCUT2D eigenvalue weighted by molar-refractivity contribution is -0.131. The van der Waals surface area contributed by atoms with Crippen LogP contribution in [0.5, 0.6) is 5.88 Å². The molecule has 8 heteroatoms. The van der Waals surface area contributed by atoms with Crippen LogP contribution >= 0.6 is 11.6 Å². The maximum absolute atomic E-state index is 11.9. The van der Waals surface area contributed by atoms with E-state index in [1.165, 1.54) is 19.3 Å². The summed E-state index contributed by atoms with van der Waals surface area (Å²) in [5.74, 6) is -1.07. The number of anilines is 1. The number of pyridine rings is 1. The van der Waals surface area contributed by atoms with Gasteiger partial charge in [0.05, 0.1) is 18.4 Å². The summed E-state index contributed by atoms with van der Waals surface area (Å²) in [7, 11) is 1.36. The Kier molecular flexibility index (Phi) is 5.76. The molecule has 0 spiro atoms. The third-order valence-electron chi connectivity index (χ3n) is 2.21. The first-order valence-corrected chi connectivity index (χ1v) is 6.65. The number of carboxylic acids is 1. The van der Waals surface area contributed by atoms with Gasteiger partial charge in [-0.2, -0.15) is 0 Å². The van der Waals surface area contributed by atoms with Crippen molar-refractivity contribution < 1.29 is 24.2 Å². The van der Waals surface area contributed by atoms with Crippen molar-refractivity contribution in [3.63, 3.8) is 0 Å². The first kappa shape index (κ1) is 17.8. The van der Waals surface area contributed by atoms with Gasteiger partial charge in [0, 0.05) is 12.1 Å². The van der Waals surface area contributed by atoms with Crippen LogP contribution in [0.3, 0.4) is 0 Å². The molecular weight excluding hydrogens is 312 g/mol. The Morgan fingerprint density at radius 3 is 2.55 bits per heavy atom. The summed E-state index contributed by atoms with van der Waals surface area (Å²) in [6.45, 7) is 5.16. The van der Waals surface area contributed by atoms with Gasteiger partial charge in [-0.15, -0.1) is 0 Å². The minimum atomic E-state index is -1.15. The summed E-state index contributed by atoms with van der Waals surface area (Å²) in [6.07, 6.45) is 1.44. The van der Waals surface area contributed by atoms with Gasteiger partial charge in [0.25, 0.3) is 0 Å². The zero-order chi connectivity index (χ0) is 16.9. The number of nitrogens with one attached hydrogen (secondary N) is 1. The lowest BCUT2D eigenvalue weighted by atomic mass is 10.2. The van der Waals surface area contributed by atoms with Crippen molar-refractivity contribution in [1.29, 1.82) is 0 Å². The van der Waals surface area contributed by atoms with Crippen molar-refractivity contribution in [2.24, 2.45) is 0 Å². The van der Waals surface area contributed by atoms with Crippen LogP contribution in [0.25, 0.3) is 6.08 Å². The molecule has 0 aliphatic carbocycles. The van der Waals surface area contributed by atoms with Gasteiger partial charge in [0.1, 0.15) is 10.8 Å². The van der Waals surface area contributed by atoms with Gasteiger partial charge < -0.3 is 14.6 Å². The fourth-order valence-electron chi connectivity index (χ4n) is 1.49. The fourth-order valence-corrected chi connectivity index (χ4v) is 1.68. The third kappa shape index (κ3) is 5.61. The van der Waals surface area contributed by atoms with E-state index in [0.717, 1.165) is 6.08 Å². The molecule has 1 rings (SSSR count). The fraction of sp³-hybridized carbons (Fsp3) is 0.357. The molecule has 1 aromatic heterocycles. The molecule has 0 aliphatic rings. The molecule has 1 amide bonds. The molecular formula is C14H17ClN2O5. The Balaban J connectivity index is 3.18. The van der Waals surface area contributed by atoms with Crippen LogP contribution in [0.15, 0.2) is 12.1 Å². The molecule has 0 saturated heterocycles. The van der Waals surface area contributed by atoms with Crippen molar-refractivity contribution in [3.8, 4) is 5.88 Å². The number of hydrogen-bond acceptors (Lipinski definition) is 5. The zero-order valence-electron chi connectivity index (χ0n) is 12.6. The lowest BCUT2D eigenvalue weighted by Crippen LogP contribution is -2.27. The quantitative estimate of drug-likeness (QED) is 0.650. The van der Waals surface area contributed by atoms with Gasteiger partial charge in [-0.25, -0.2) is 14.6 Å². The summed E-state index contributed by atoms with van der Waals surface area (Å²) in [4.78, 5) is 26.4. The largest absolute Gasteiger partial charge is 0.480 e. The summed E-state index contributed by atoms with van der Waals surface area (Å²) in [5.41, 5.74) is -0.189. The van der Waals surface area contributed by atoms with Crippen molar-refractivity contribution in [2.75, 3.05) is 12.4 Å². The standard InChI is InChI=1S/C14H17ClN2O5/c1-14(2,3)22-13(20)16-9-7-10(15)17-12(21-4)8(9)5-6-11(18)19/h5-7H,1-4H3,(H,18,19)(H,16,17,20)/b6-5+. The smallest absolute Gasteiger partial charge is 0.412 e. The van der Waals surface area contributed by atoms with E-state index in [1.807, 2.05) is 0 Å². The summed E-state index contributed by atoms with van der Waals surface area (Å²) >= 11 is 5.86. The average molecular weight is 329 g/mol. The Morgan fingerprint density at radius 2 is 2.05 bits per heavy atom. The molecule has 0 bridgehead atoms. The Labute approximate surface area is 132 Å². The minimum Gasteiger partial charge on any atom is -0.480 e. The molecule has 0 radical (unpaired) electrons. The number of nitrogens with zero attached hydrogens (tertiary/aromatic N) is 1. The highest BCUT2D eigenvalue weighted by Crippen LogP contribution is 2.29. The Morgan fingerprint density at radius 1 is 1.41 bits per heavy atom. The number of aromatic nitrogens is 1. The van der Waals surface area contributed by atoms with Crippen LogP contribution in [-0.4, -0.2) is 34.9 Å². The SMILES string of the molecule is COc1nc(Cl)cc(NC(=O)OC(C)(C)C)c1/C=C/C(=O)O. The molecule has 120 valence electrons. The van der Waals surface area contributed by atoms with Crippen molar-refractivity contribution in [1.82, 2.24) is 4.98 Å². The second kappa shape index (κ2) is 7.13. The highest BCUT2D eigenvalue weighted by atomic mass is 35.5.